The summed E-state index contributed by atoms with van der Waals surface area (Å²) < 4.78 is 5.23. The summed E-state index contributed by atoms with van der Waals surface area (Å²) in [6.45, 7) is -0.256. The van der Waals surface area contributed by atoms with Crippen LogP contribution < -0.4 is 15.9 Å². The van der Waals surface area contributed by atoms with Gasteiger partial charge in [0.2, 0.25) is 0 Å². The standard InChI is InChI=1S/C23H23O2P/c1-3-22(23(24)25-2)26(19-13-7-4-8-14-19,20-15-9-5-10-16-20)21-17-11-6-12-18-21/h4-18H,3H2,1-2H3. The van der Waals surface area contributed by atoms with E-state index in [1.807, 2.05) is 61.5 Å². The molecule has 0 bridgehead atoms. The molecule has 0 aliphatic carbocycles. The smallest absolute Gasteiger partial charge is 0.334 e. The topological polar surface area (TPSA) is 26.3 Å². The van der Waals surface area contributed by atoms with Gasteiger partial charge in [0, 0.05) is 5.29 Å². The van der Waals surface area contributed by atoms with Crippen LogP contribution in [0.3, 0.4) is 0 Å². The molecular weight excluding hydrogens is 339 g/mol. The molecule has 132 valence electrons. The summed E-state index contributed by atoms with van der Waals surface area (Å²) in [7, 11) is 1.47. The lowest BCUT2D eigenvalue weighted by Crippen LogP contribution is -2.33. The Labute approximate surface area is 155 Å². The van der Waals surface area contributed by atoms with E-state index in [9.17, 15) is 4.79 Å². The molecule has 0 radical (unpaired) electrons. The van der Waals surface area contributed by atoms with Crippen LogP contribution in [-0.4, -0.2) is 18.4 Å². The maximum atomic E-state index is 12.9. The van der Waals surface area contributed by atoms with Crippen LogP contribution in [-0.2, 0) is 9.53 Å². The van der Waals surface area contributed by atoms with Gasteiger partial charge < -0.3 is 4.74 Å². The Balaban J connectivity index is 2.56. The molecule has 2 nitrogen and oxygen atoms in total. The normalized spacial score (nSPS) is 11.0. The fraction of sp³-hybridized carbons (Fsp3) is 0.130. The Morgan fingerprint density at radius 3 is 1.35 bits per heavy atom. The summed E-state index contributed by atoms with van der Waals surface area (Å²) in [5.41, 5.74) is 0. The maximum Gasteiger partial charge on any atom is 0.334 e. The Morgan fingerprint density at radius 1 is 0.731 bits per heavy atom. The van der Waals surface area contributed by atoms with Crippen LogP contribution in [0.4, 0.5) is 0 Å². The molecule has 3 aromatic carbocycles. The first-order valence-corrected chi connectivity index (χ1v) is 10.5. The van der Waals surface area contributed by atoms with Gasteiger partial charge in [-0.3, -0.25) is 0 Å². The second-order valence-corrected chi connectivity index (χ2v) is 9.40. The predicted octanol–water partition coefficient (Wildman–Crippen LogP) is 3.74. The molecule has 0 aliphatic rings. The third kappa shape index (κ3) is 3.13. The first-order valence-electron chi connectivity index (χ1n) is 8.75. The number of esters is 1. The van der Waals surface area contributed by atoms with Crippen molar-refractivity contribution in [1.29, 1.82) is 0 Å². The van der Waals surface area contributed by atoms with E-state index >= 15 is 0 Å². The number of carbonyl (C=O) groups is 1. The first-order chi connectivity index (χ1) is 12.7. The van der Waals surface area contributed by atoms with Gasteiger partial charge in [-0.25, -0.2) is 4.79 Å². The fourth-order valence-corrected chi connectivity index (χ4v) is 8.03. The van der Waals surface area contributed by atoms with Gasteiger partial charge in [-0.15, -0.1) is 0 Å². The molecule has 3 rings (SSSR count). The van der Waals surface area contributed by atoms with Crippen molar-refractivity contribution in [2.24, 2.45) is 0 Å². The van der Waals surface area contributed by atoms with Gasteiger partial charge in [0.1, 0.15) is 0 Å². The summed E-state index contributed by atoms with van der Waals surface area (Å²) in [6, 6.07) is 31.1. The SMILES string of the molecule is CCC(C(=O)OC)=P(c1ccccc1)(c1ccccc1)c1ccccc1. The number of hydrogen-bond donors (Lipinski definition) is 0. The van der Waals surface area contributed by atoms with Crippen molar-refractivity contribution in [3.8, 4) is 0 Å². The highest BCUT2D eigenvalue weighted by molar-refractivity contribution is 7.96. The number of rotatable bonds is 5. The Bertz CT molecular complexity index is 813. The third-order valence-electron chi connectivity index (χ3n) is 4.59. The average Bonchev–Trinajstić information content (AvgIpc) is 2.73. The fourth-order valence-electron chi connectivity index (χ4n) is 3.51. The van der Waals surface area contributed by atoms with Crippen LogP contribution in [0.5, 0.6) is 0 Å². The highest BCUT2D eigenvalue weighted by Gasteiger charge is 2.32. The van der Waals surface area contributed by atoms with Crippen molar-refractivity contribution in [2.75, 3.05) is 7.11 Å². The lowest BCUT2D eigenvalue weighted by molar-refractivity contribution is -0.132. The molecule has 0 atom stereocenters. The number of ether oxygens (including phenoxy) is 1. The molecule has 0 N–H and O–H groups in total. The van der Waals surface area contributed by atoms with E-state index in [0.717, 1.165) is 5.29 Å². The van der Waals surface area contributed by atoms with Gasteiger partial charge in [0.15, 0.2) is 0 Å². The summed E-state index contributed by atoms with van der Waals surface area (Å²) in [4.78, 5) is 12.9. The van der Waals surface area contributed by atoms with Crippen LogP contribution in [0.25, 0.3) is 0 Å². The summed E-state index contributed by atoms with van der Waals surface area (Å²) in [6.07, 6.45) is 0.638. The lowest BCUT2D eigenvalue weighted by atomic mass is 10.3. The van der Waals surface area contributed by atoms with E-state index < -0.39 is 6.89 Å². The number of hydrogen-bond acceptors (Lipinski definition) is 2. The average molecular weight is 362 g/mol. The lowest BCUT2D eigenvalue weighted by Gasteiger charge is -2.31. The monoisotopic (exact) mass is 362 g/mol. The molecule has 3 aromatic rings. The van der Waals surface area contributed by atoms with Crippen molar-refractivity contribution in [1.82, 2.24) is 0 Å². The van der Waals surface area contributed by atoms with Gasteiger partial charge in [0.05, 0.1) is 7.11 Å². The Morgan fingerprint density at radius 2 is 1.08 bits per heavy atom. The van der Waals surface area contributed by atoms with Crippen LogP contribution in [0, 0.1) is 0 Å². The molecule has 26 heavy (non-hydrogen) atoms. The highest BCUT2D eigenvalue weighted by atomic mass is 31.2. The van der Waals surface area contributed by atoms with Crippen molar-refractivity contribution in [3.63, 3.8) is 0 Å². The van der Waals surface area contributed by atoms with Gasteiger partial charge in [0.25, 0.3) is 0 Å². The van der Waals surface area contributed by atoms with E-state index in [-0.39, 0.29) is 5.97 Å². The summed E-state index contributed by atoms with van der Waals surface area (Å²) in [5.74, 6) is -0.225. The Kier molecular flexibility index (Phi) is 5.75. The zero-order chi connectivity index (χ0) is 18.4. The molecule has 0 aliphatic heterocycles. The third-order valence-corrected chi connectivity index (χ3v) is 9.12. The van der Waals surface area contributed by atoms with E-state index in [4.69, 9.17) is 4.74 Å². The second kappa shape index (κ2) is 8.21. The molecule has 0 spiro atoms. The maximum absolute atomic E-state index is 12.9. The largest absolute Gasteiger partial charge is 0.466 e. The predicted molar refractivity (Wildman–Crippen MR) is 112 cm³/mol. The number of carbonyl (C=O) groups excluding carboxylic acids is 1. The van der Waals surface area contributed by atoms with Crippen molar-refractivity contribution >= 4 is 34.1 Å². The van der Waals surface area contributed by atoms with Crippen molar-refractivity contribution in [3.05, 3.63) is 91.0 Å². The van der Waals surface area contributed by atoms with Gasteiger partial charge in [-0.2, -0.15) is 0 Å². The van der Waals surface area contributed by atoms with Crippen molar-refractivity contribution < 1.29 is 9.53 Å². The zero-order valence-electron chi connectivity index (χ0n) is 15.1. The summed E-state index contributed by atoms with van der Waals surface area (Å²) in [5, 5.41) is 4.34. The Hall–Kier alpha value is -2.57. The van der Waals surface area contributed by atoms with E-state index in [1.165, 1.54) is 23.0 Å². The molecule has 0 saturated carbocycles. The van der Waals surface area contributed by atoms with E-state index in [2.05, 4.69) is 36.4 Å². The zero-order valence-corrected chi connectivity index (χ0v) is 16.0. The quantitative estimate of drug-likeness (QED) is 0.511. The molecule has 0 saturated heterocycles. The van der Waals surface area contributed by atoms with Gasteiger partial charge in [-0.1, -0.05) is 97.9 Å². The molecule has 0 heterocycles. The van der Waals surface area contributed by atoms with E-state index in [0.29, 0.717) is 6.42 Å². The molecule has 0 amide bonds. The number of benzene rings is 3. The van der Waals surface area contributed by atoms with Crippen LogP contribution in [0.1, 0.15) is 13.3 Å². The molecule has 0 fully saturated rings. The second-order valence-electron chi connectivity index (χ2n) is 5.97. The minimum Gasteiger partial charge on any atom is -0.466 e. The van der Waals surface area contributed by atoms with Crippen LogP contribution >= 0.6 is 6.89 Å². The minimum atomic E-state index is -2.29. The van der Waals surface area contributed by atoms with Crippen molar-refractivity contribution in [2.45, 2.75) is 13.3 Å². The van der Waals surface area contributed by atoms with Crippen LogP contribution in [0.15, 0.2) is 91.0 Å². The van der Waals surface area contributed by atoms with E-state index in [1.54, 1.807) is 0 Å². The minimum absolute atomic E-state index is 0.225. The molecule has 0 unspecified atom stereocenters. The van der Waals surface area contributed by atoms with Crippen LogP contribution in [0.2, 0.25) is 0 Å². The van der Waals surface area contributed by atoms with Gasteiger partial charge in [-0.05, 0) is 29.2 Å². The summed E-state index contributed by atoms with van der Waals surface area (Å²) >= 11 is 0. The molecular formula is C23H23O2P. The molecule has 3 heteroatoms. The highest BCUT2D eigenvalue weighted by Crippen LogP contribution is 2.47. The molecule has 0 aromatic heterocycles. The van der Waals surface area contributed by atoms with Gasteiger partial charge >= 0.3 is 5.97 Å². The number of methoxy groups -OCH3 is 1. The first kappa shape index (κ1) is 18.2.